The molecule has 0 bridgehead atoms. The Morgan fingerprint density at radius 3 is 2.71 bits per heavy atom. The molecule has 3 N–H and O–H groups in total. The summed E-state index contributed by atoms with van der Waals surface area (Å²) in [4.78, 5) is 11.7. The fraction of sp³-hybridized carbons (Fsp3) is 0. The highest BCUT2D eigenvalue weighted by Crippen LogP contribution is 2.24. The van der Waals surface area contributed by atoms with Crippen LogP contribution in [0.2, 0.25) is 5.22 Å². The average molecular weight is 316 g/mol. The summed E-state index contributed by atoms with van der Waals surface area (Å²) in [6.07, 6.45) is 0. The minimum absolute atomic E-state index is 0.156. The predicted octanol–water partition coefficient (Wildman–Crippen LogP) is 3.53. The molecule has 0 aliphatic heterocycles. The number of furan rings is 1. The fourth-order valence-electron chi connectivity index (χ4n) is 1.23. The van der Waals surface area contributed by atoms with Gasteiger partial charge in [0.15, 0.2) is 11.0 Å². The van der Waals surface area contributed by atoms with E-state index in [1.165, 1.54) is 12.1 Å². The van der Waals surface area contributed by atoms with Gasteiger partial charge in [-0.15, -0.1) is 0 Å². The number of amides is 1. The van der Waals surface area contributed by atoms with Gasteiger partial charge < -0.3 is 15.5 Å². The van der Waals surface area contributed by atoms with Gasteiger partial charge in [0.25, 0.3) is 5.91 Å². The summed E-state index contributed by atoms with van der Waals surface area (Å²) in [5.41, 5.74) is 6.85. The van der Waals surface area contributed by atoms with E-state index < -0.39 is 0 Å². The first-order chi connectivity index (χ1) is 8.06. The lowest BCUT2D eigenvalue weighted by atomic mass is 10.3. The lowest BCUT2D eigenvalue weighted by Crippen LogP contribution is -2.10. The van der Waals surface area contributed by atoms with Gasteiger partial charge in [-0.05, 0) is 57.9 Å². The maximum Gasteiger partial charge on any atom is 0.291 e. The van der Waals surface area contributed by atoms with Crippen LogP contribution in [-0.2, 0) is 0 Å². The lowest BCUT2D eigenvalue weighted by Gasteiger charge is -2.05. The monoisotopic (exact) mass is 314 g/mol. The van der Waals surface area contributed by atoms with Crippen molar-refractivity contribution in [3.8, 4) is 0 Å². The molecule has 0 unspecified atom stereocenters. The van der Waals surface area contributed by atoms with E-state index in [0.717, 1.165) is 0 Å². The van der Waals surface area contributed by atoms with Gasteiger partial charge in [-0.2, -0.15) is 0 Å². The highest BCUT2D eigenvalue weighted by Gasteiger charge is 2.11. The standard InChI is InChI=1S/C11H8BrClN2O2/c12-7-5-6(1-2-8(7)14)15-11(16)9-3-4-10(13)17-9/h1-5H,14H2,(H,15,16). The number of anilines is 2. The van der Waals surface area contributed by atoms with Crippen molar-refractivity contribution in [3.05, 3.63) is 45.8 Å². The van der Waals surface area contributed by atoms with Crippen molar-refractivity contribution in [3.63, 3.8) is 0 Å². The van der Waals surface area contributed by atoms with Crippen molar-refractivity contribution >= 4 is 44.8 Å². The van der Waals surface area contributed by atoms with Gasteiger partial charge in [-0.25, -0.2) is 0 Å². The zero-order chi connectivity index (χ0) is 12.4. The topological polar surface area (TPSA) is 68.3 Å². The molecule has 0 saturated heterocycles. The molecule has 1 amide bonds. The predicted molar refractivity (Wildman–Crippen MR) is 70.2 cm³/mol. The number of hydrogen-bond donors (Lipinski definition) is 2. The van der Waals surface area contributed by atoms with Crippen molar-refractivity contribution in [1.29, 1.82) is 0 Å². The first kappa shape index (κ1) is 12.0. The SMILES string of the molecule is Nc1ccc(NC(=O)c2ccc(Cl)o2)cc1Br. The Morgan fingerprint density at radius 1 is 1.35 bits per heavy atom. The normalized spacial score (nSPS) is 10.2. The number of hydrogen-bond acceptors (Lipinski definition) is 3. The molecular weight excluding hydrogens is 307 g/mol. The molecule has 0 fully saturated rings. The summed E-state index contributed by atoms with van der Waals surface area (Å²) in [5.74, 6) is -0.212. The van der Waals surface area contributed by atoms with E-state index in [0.29, 0.717) is 15.8 Å². The molecule has 0 aliphatic carbocycles. The second kappa shape index (κ2) is 4.81. The van der Waals surface area contributed by atoms with Crippen LogP contribution in [0.3, 0.4) is 0 Å². The van der Waals surface area contributed by atoms with Gasteiger partial charge in [-0.3, -0.25) is 4.79 Å². The van der Waals surface area contributed by atoms with Gasteiger partial charge >= 0.3 is 0 Å². The lowest BCUT2D eigenvalue weighted by molar-refractivity contribution is 0.0997. The minimum atomic E-state index is -0.367. The summed E-state index contributed by atoms with van der Waals surface area (Å²) in [6.45, 7) is 0. The van der Waals surface area contributed by atoms with Crippen molar-refractivity contribution in [2.24, 2.45) is 0 Å². The van der Waals surface area contributed by atoms with Crippen LogP contribution in [0, 0.1) is 0 Å². The molecule has 0 radical (unpaired) electrons. The van der Waals surface area contributed by atoms with Gasteiger partial charge in [0, 0.05) is 15.8 Å². The fourth-order valence-corrected chi connectivity index (χ4v) is 1.76. The van der Waals surface area contributed by atoms with Gasteiger partial charge in [0.1, 0.15) is 0 Å². The van der Waals surface area contributed by atoms with E-state index in [2.05, 4.69) is 21.2 Å². The van der Waals surface area contributed by atoms with Crippen molar-refractivity contribution in [2.45, 2.75) is 0 Å². The Morgan fingerprint density at radius 2 is 2.12 bits per heavy atom. The van der Waals surface area contributed by atoms with Crippen molar-refractivity contribution in [1.82, 2.24) is 0 Å². The molecule has 2 rings (SSSR count). The van der Waals surface area contributed by atoms with Crippen LogP contribution in [-0.4, -0.2) is 5.91 Å². The van der Waals surface area contributed by atoms with Crippen LogP contribution < -0.4 is 11.1 Å². The maximum absolute atomic E-state index is 11.7. The number of nitrogens with one attached hydrogen (secondary N) is 1. The number of rotatable bonds is 2. The average Bonchev–Trinajstić information content (AvgIpc) is 2.70. The highest BCUT2D eigenvalue weighted by molar-refractivity contribution is 9.10. The molecule has 0 saturated carbocycles. The van der Waals surface area contributed by atoms with E-state index in [1.54, 1.807) is 18.2 Å². The molecule has 0 aliphatic rings. The summed E-state index contributed by atoms with van der Waals surface area (Å²) < 4.78 is 5.70. The third kappa shape index (κ3) is 2.81. The van der Waals surface area contributed by atoms with Crippen LogP contribution >= 0.6 is 27.5 Å². The summed E-state index contributed by atoms with van der Waals surface area (Å²) >= 11 is 8.86. The zero-order valence-corrected chi connectivity index (χ0v) is 10.9. The Labute approximate surface area is 111 Å². The smallest absolute Gasteiger partial charge is 0.291 e. The molecular formula is C11H8BrClN2O2. The van der Waals surface area contributed by atoms with E-state index in [-0.39, 0.29) is 16.9 Å². The molecule has 2 aromatic rings. The summed E-state index contributed by atoms with van der Waals surface area (Å²) in [7, 11) is 0. The Bertz CT molecular complexity index is 568. The third-order valence-electron chi connectivity index (χ3n) is 2.06. The van der Waals surface area contributed by atoms with Gasteiger partial charge in [-0.1, -0.05) is 0 Å². The maximum atomic E-state index is 11.7. The Balaban J connectivity index is 2.15. The Hall–Kier alpha value is -1.46. The van der Waals surface area contributed by atoms with E-state index >= 15 is 0 Å². The summed E-state index contributed by atoms with van der Waals surface area (Å²) in [5, 5.41) is 2.84. The quantitative estimate of drug-likeness (QED) is 0.833. The number of carbonyl (C=O) groups excluding carboxylic acids is 1. The molecule has 1 aromatic carbocycles. The number of halogens is 2. The third-order valence-corrected chi connectivity index (χ3v) is 2.95. The zero-order valence-electron chi connectivity index (χ0n) is 8.54. The minimum Gasteiger partial charge on any atom is -0.440 e. The van der Waals surface area contributed by atoms with Crippen LogP contribution in [0.25, 0.3) is 0 Å². The molecule has 1 aromatic heterocycles. The van der Waals surface area contributed by atoms with E-state index in [9.17, 15) is 4.79 Å². The largest absolute Gasteiger partial charge is 0.440 e. The van der Waals surface area contributed by atoms with E-state index in [4.69, 9.17) is 21.8 Å². The number of nitrogen functional groups attached to an aromatic ring is 1. The number of nitrogens with two attached hydrogens (primary N) is 1. The molecule has 6 heteroatoms. The van der Waals surface area contributed by atoms with Crippen molar-refractivity contribution < 1.29 is 9.21 Å². The number of benzene rings is 1. The van der Waals surface area contributed by atoms with Crippen LogP contribution in [0.5, 0.6) is 0 Å². The number of carbonyl (C=O) groups is 1. The molecule has 4 nitrogen and oxygen atoms in total. The van der Waals surface area contributed by atoms with Gasteiger partial charge in [0.2, 0.25) is 0 Å². The van der Waals surface area contributed by atoms with Crippen molar-refractivity contribution in [2.75, 3.05) is 11.1 Å². The Kier molecular flexibility index (Phi) is 3.40. The molecule has 0 spiro atoms. The summed E-state index contributed by atoms with van der Waals surface area (Å²) in [6, 6.07) is 8.11. The molecule has 1 heterocycles. The highest BCUT2D eigenvalue weighted by atomic mass is 79.9. The second-order valence-electron chi connectivity index (χ2n) is 3.29. The van der Waals surface area contributed by atoms with Crippen LogP contribution in [0.15, 0.2) is 39.2 Å². The first-order valence-corrected chi connectivity index (χ1v) is 5.85. The second-order valence-corrected chi connectivity index (χ2v) is 4.52. The van der Waals surface area contributed by atoms with Gasteiger partial charge in [0.05, 0.1) is 0 Å². The molecule has 0 atom stereocenters. The van der Waals surface area contributed by atoms with Crippen LogP contribution in [0.1, 0.15) is 10.6 Å². The van der Waals surface area contributed by atoms with E-state index in [1.807, 2.05) is 0 Å². The van der Waals surface area contributed by atoms with Crippen LogP contribution in [0.4, 0.5) is 11.4 Å². The molecule has 88 valence electrons. The molecule has 17 heavy (non-hydrogen) atoms. The first-order valence-electron chi connectivity index (χ1n) is 4.68.